The van der Waals surface area contributed by atoms with Gasteiger partial charge in [0.25, 0.3) is 0 Å². The Bertz CT molecular complexity index is 324. The van der Waals surface area contributed by atoms with Crippen LogP contribution in [0.15, 0.2) is 0 Å². The highest BCUT2D eigenvalue weighted by Gasteiger charge is 2.33. The van der Waals surface area contributed by atoms with Crippen LogP contribution < -0.4 is 5.32 Å². The molecule has 2 atom stereocenters. The maximum absolute atomic E-state index is 11.6. The first-order valence-corrected chi connectivity index (χ1v) is 9.06. The van der Waals surface area contributed by atoms with Crippen LogP contribution >= 0.6 is 0 Å². The predicted octanol–water partition coefficient (Wildman–Crippen LogP) is 2.47. The zero-order valence-corrected chi connectivity index (χ0v) is 13.1. The van der Waals surface area contributed by atoms with Crippen molar-refractivity contribution in [2.45, 2.75) is 53.0 Å². The molecule has 0 aromatic carbocycles. The van der Waals surface area contributed by atoms with Crippen LogP contribution in [0.4, 0.5) is 0 Å². The fourth-order valence-electron chi connectivity index (χ4n) is 2.63. The van der Waals surface area contributed by atoms with Gasteiger partial charge in [0, 0.05) is 6.04 Å². The lowest BCUT2D eigenvalue weighted by molar-refractivity contribution is 0.297. The van der Waals surface area contributed by atoms with Gasteiger partial charge in [-0.05, 0) is 37.1 Å². The fraction of sp³-hybridized carbons (Fsp3) is 1.00. The third-order valence-corrected chi connectivity index (χ3v) is 5.63. The molecule has 18 heavy (non-hydrogen) atoms. The summed E-state index contributed by atoms with van der Waals surface area (Å²) in [4.78, 5) is 0. The molecular weight excluding hydrogens is 246 g/mol. The third kappa shape index (κ3) is 5.70. The van der Waals surface area contributed by atoms with Gasteiger partial charge in [-0.3, -0.25) is 0 Å². The van der Waals surface area contributed by atoms with Gasteiger partial charge in [0.2, 0.25) is 0 Å². The maximum atomic E-state index is 11.6. The summed E-state index contributed by atoms with van der Waals surface area (Å²) >= 11 is 0. The largest absolute Gasteiger partial charge is 0.314 e. The van der Waals surface area contributed by atoms with Crippen molar-refractivity contribution in [2.24, 2.45) is 17.8 Å². The Kier molecular flexibility index (Phi) is 6.12. The van der Waals surface area contributed by atoms with Gasteiger partial charge in [-0.25, -0.2) is 8.42 Å². The number of nitrogens with one attached hydrogen (secondary N) is 1. The molecule has 0 aliphatic carbocycles. The SMILES string of the molecule is CC(C)CCC(CNC(C)C)C1CCS(=O)(=O)C1. The van der Waals surface area contributed by atoms with E-state index >= 15 is 0 Å². The molecule has 108 valence electrons. The molecule has 1 aliphatic rings. The second-order valence-corrected chi connectivity index (χ2v) is 8.69. The second kappa shape index (κ2) is 6.90. The van der Waals surface area contributed by atoms with E-state index in [9.17, 15) is 8.42 Å². The van der Waals surface area contributed by atoms with E-state index < -0.39 is 9.84 Å². The number of hydrogen-bond donors (Lipinski definition) is 1. The van der Waals surface area contributed by atoms with Crippen molar-refractivity contribution in [1.29, 1.82) is 0 Å². The molecule has 0 aromatic heterocycles. The van der Waals surface area contributed by atoms with Crippen molar-refractivity contribution in [3.05, 3.63) is 0 Å². The van der Waals surface area contributed by atoms with Gasteiger partial charge in [-0.15, -0.1) is 0 Å². The topological polar surface area (TPSA) is 46.2 Å². The minimum atomic E-state index is -2.75. The van der Waals surface area contributed by atoms with E-state index in [1.165, 1.54) is 6.42 Å². The van der Waals surface area contributed by atoms with E-state index in [-0.39, 0.29) is 0 Å². The van der Waals surface area contributed by atoms with E-state index in [1.54, 1.807) is 0 Å². The molecule has 3 nitrogen and oxygen atoms in total. The fourth-order valence-corrected chi connectivity index (χ4v) is 4.55. The molecule has 1 rings (SSSR count). The molecule has 1 fully saturated rings. The molecule has 1 saturated heterocycles. The molecule has 0 amide bonds. The molecule has 1 heterocycles. The van der Waals surface area contributed by atoms with Crippen LogP contribution in [-0.4, -0.2) is 32.5 Å². The van der Waals surface area contributed by atoms with Gasteiger partial charge in [0.05, 0.1) is 11.5 Å². The van der Waals surface area contributed by atoms with E-state index in [1.807, 2.05) is 0 Å². The second-order valence-electron chi connectivity index (χ2n) is 6.46. The molecule has 0 aromatic rings. The molecule has 0 radical (unpaired) electrons. The summed E-state index contributed by atoms with van der Waals surface area (Å²) in [5.74, 6) is 2.41. The maximum Gasteiger partial charge on any atom is 0.150 e. The Morgan fingerprint density at radius 3 is 2.28 bits per heavy atom. The minimum absolute atomic E-state index is 0.375. The Morgan fingerprint density at radius 1 is 1.17 bits per heavy atom. The van der Waals surface area contributed by atoms with Crippen LogP contribution in [0.2, 0.25) is 0 Å². The van der Waals surface area contributed by atoms with Gasteiger partial charge >= 0.3 is 0 Å². The minimum Gasteiger partial charge on any atom is -0.314 e. The van der Waals surface area contributed by atoms with Crippen LogP contribution in [0.5, 0.6) is 0 Å². The first-order chi connectivity index (χ1) is 8.30. The van der Waals surface area contributed by atoms with E-state index in [2.05, 4.69) is 33.0 Å². The van der Waals surface area contributed by atoms with Crippen molar-refractivity contribution in [3.8, 4) is 0 Å². The average molecular weight is 275 g/mol. The van der Waals surface area contributed by atoms with E-state index in [4.69, 9.17) is 0 Å². The van der Waals surface area contributed by atoms with Crippen LogP contribution in [0.1, 0.15) is 47.0 Å². The van der Waals surface area contributed by atoms with Crippen LogP contribution in [0, 0.1) is 17.8 Å². The van der Waals surface area contributed by atoms with Crippen LogP contribution in [-0.2, 0) is 9.84 Å². The first-order valence-electron chi connectivity index (χ1n) is 7.24. The highest BCUT2D eigenvalue weighted by Crippen LogP contribution is 2.29. The van der Waals surface area contributed by atoms with Crippen molar-refractivity contribution in [3.63, 3.8) is 0 Å². The smallest absolute Gasteiger partial charge is 0.150 e. The molecule has 1 aliphatic heterocycles. The Labute approximate surface area is 113 Å². The lowest BCUT2D eigenvalue weighted by Crippen LogP contribution is -2.33. The summed E-state index contributed by atoms with van der Waals surface area (Å²) in [6.45, 7) is 9.72. The quantitative estimate of drug-likeness (QED) is 0.776. The summed E-state index contributed by atoms with van der Waals surface area (Å²) in [6, 6.07) is 0.476. The van der Waals surface area contributed by atoms with Crippen molar-refractivity contribution in [1.82, 2.24) is 5.32 Å². The first kappa shape index (κ1) is 16.0. The lowest BCUT2D eigenvalue weighted by Gasteiger charge is -2.25. The van der Waals surface area contributed by atoms with Gasteiger partial charge < -0.3 is 5.32 Å². The summed E-state index contributed by atoms with van der Waals surface area (Å²) in [7, 11) is -2.75. The number of sulfone groups is 1. The van der Waals surface area contributed by atoms with E-state index in [0.29, 0.717) is 35.3 Å². The van der Waals surface area contributed by atoms with Gasteiger partial charge in [0.1, 0.15) is 0 Å². The zero-order valence-electron chi connectivity index (χ0n) is 12.3. The molecule has 0 saturated carbocycles. The predicted molar refractivity (Wildman–Crippen MR) is 77.5 cm³/mol. The zero-order chi connectivity index (χ0) is 13.8. The molecular formula is C14H29NO2S. The number of hydrogen-bond acceptors (Lipinski definition) is 3. The Morgan fingerprint density at radius 2 is 1.83 bits per heavy atom. The molecule has 0 spiro atoms. The average Bonchev–Trinajstić information content (AvgIpc) is 2.58. The highest BCUT2D eigenvalue weighted by atomic mass is 32.2. The Hall–Kier alpha value is -0.0900. The normalized spacial score (nSPS) is 24.9. The molecule has 4 heteroatoms. The number of rotatable bonds is 7. The third-order valence-electron chi connectivity index (χ3n) is 3.84. The van der Waals surface area contributed by atoms with Crippen LogP contribution in [0.25, 0.3) is 0 Å². The monoisotopic (exact) mass is 275 g/mol. The van der Waals surface area contributed by atoms with Gasteiger partial charge in [-0.1, -0.05) is 34.1 Å². The van der Waals surface area contributed by atoms with Gasteiger partial charge in [-0.2, -0.15) is 0 Å². The molecule has 2 unspecified atom stereocenters. The summed E-state index contributed by atoms with van der Waals surface area (Å²) in [5, 5.41) is 3.48. The van der Waals surface area contributed by atoms with Crippen molar-refractivity contribution in [2.75, 3.05) is 18.1 Å². The summed E-state index contributed by atoms with van der Waals surface area (Å²) < 4.78 is 23.2. The summed E-state index contributed by atoms with van der Waals surface area (Å²) in [6.07, 6.45) is 3.21. The van der Waals surface area contributed by atoms with Crippen molar-refractivity contribution >= 4 is 9.84 Å². The van der Waals surface area contributed by atoms with Crippen molar-refractivity contribution < 1.29 is 8.42 Å². The standard InChI is InChI=1S/C14H29NO2S/c1-11(2)5-6-13(9-15-12(3)4)14-7-8-18(16,17)10-14/h11-15H,5-10H2,1-4H3. The van der Waals surface area contributed by atoms with Gasteiger partial charge in [0.15, 0.2) is 9.84 Å². The van der Waals surface area contributed by atoms with Crippen LogP contribution in [0.3, 0.4) is 0 Å². The highest BCUT2D eigenvalue weighted by molar-refractivity contribution is 7.91. The lowest BCUT2D eigenvalue weighted by atomic mass is 9.86. The molecule has 0 bridgehead atoms. The van der Waals surface area contributed by atoms with E-state index in [0.717, 1.165) is 19.4 Å². The summed E-state index contributed by atoms with van der Waals surface area (Å²) in [5.41, 5.74) is 0. The Balaban J connectivity index is 2.53. The molecule has 1 N–H and O–H groups in total.